The van der Waals surface area contributed by atoms with Crippen molar-refractivity contribution in [2.45, 2.75) is 20.0 Å². The highest BCUT2D eigenvalue weighted by molar-refractivity contribution is 5.70. The van der Waals surface area contributed by atoms with Crippen LogP contribution in [0.15, 0.2) is 48.5 Å². The molecule has 0 fully saturated rings. The van der Waals surface area contributed by atoms with E-state index in [0.717, 1.165) is 11.1 Å². The fourth-order valence-corrected chi connectivity index (χ4v) is 2.22. The van der Waals surface area contributed by atoms with Crippen LogP contribution in [0.25, 0.3) is 0 Å². The number of ether oxygens (including phenoxy) is 2. The highest BCUT2D eigenvalue weighted by atomic mass is 16.5. The molecule has 0 amide bonds. The Morgan fingerprint density at radius 3 is 2.50 bits per heavy atom. The van der Waals surface area contributed by atoms with Gasteiger partial charge in [0.25, 0.3) is 0 Å². The van der Waals surface area contributed by atoms with Crippen LogP contribution in [0.1, 0.15) is 18.1 Å². The Labute approximate surface area is 130 Å². The predicted octanol–water partition coefficient (Wildman–Crippen LogP) is 3.54. The van der Waals surface area contributed by atoms with Gasteiger partial charge < -0.3 is 14.6 Å². The zero-order valence-corrected chi connectivity index (χ0v) is 12.8. The minimum absolute atomic E-state index is 0.404. The number of carbonyl (C=O) groups is 1. The Morgan fingerprint density at radius 1 is 1.14 bits per heavy atom. The molecular formula is C18H20O4. The Morgan fingerprint density at radius 2 is 1.86 bits per heavy atom. The summed E-state index contributed by atoms with van der Waals surface area (Å²) in [6, 6.07) is 15.4. The first-order valence-electron chi connectivity index (χ1n) is 7.17. The lowest BCUT2D eigenvalue weighted by atomic mass is 10.00. The number of hydrogen-bond donors (Lipinski definition) is 1. The van der Waals surface area contributed by atoms with Gasteiger partial charge in [0, 0.05) is 0 Å². The number of para-hydroxylation sites is 1. The molecule has 1 N–H and O–H groups in total. The third kappa shape index (κ3) is 4.01. The van der Waals surface area contributed by atoms with Crippen LogP contribution in [0.2, 0.25) is 0 Å². The maximum Gasteiger partial charge on any atom is 0.306 e. The third-order valence-corrected chi connectivity index (χ3v) is 3.45. The number of hydrogen-bond acceptors (Lipinski definition) is 3. The summed E-state index contributed by atoms with van der Waals surface area (Å²) in [6.45, 7) is 2.12. The molecule has 0 aliphatic heterocycles. The Hall–Kier alpha value is -2.49. The summed E-state index contributed by atoms with van der Waals surface area (Å²) in [6.07, 6.45) is 0.404. The van der Waals surface area contributed by atoms with Crippen molar-refractivity contribution < 1.29 is 19.4 Å². The van der Waals surface area contributed by atoms with E-state index in [9.17, 15) is 4.79 Å². The molecule has 1 unspecified atom stereocenters. The fraction of sp³-hybridized carbons (Fsp3) is 0.278. The molecule has 0 heterocycles. The lowest BCUT2D eigenvalue weighted by molar-refractivity contribution is -0.141. The Balaban J connectivity index is 2.15. The van der Waals surface area contributed by atoms with Crippen molar-refractivity contribution in [1.82, 2.24) is 0 Å². The van der Waals surface area contributed by atoms with Gasteiger partial charge >= 0.3 is 5.97 Å². The smallest absolute Gasteiger partial charge is 0.306 e. The molecule has 2 aromatic carbocycles. The van der Waals surface area contributed by atoms with Gasteiger partial charge in [0.05, 0.1) is 13.0 Å². The second-order valence-corrected chi connectivity index (χ2v) is 5.17. The van der Waals surface area contributed by atoms with Gasteiger partial charge in [0.15, 0.2) is 11.5 Å². The third-order valence-electron chi connectivity index (χ3n) is 3.45. The molecule has 0 bridgehead atoms. The van der Waals surface area contributed by atoms with Crippen molar-refractivity contribution in [2.75, 3.05) is 7.11 Å². The van der Waals surface area contributed by atoms with Crippen LogP contribution in [0, 0.1) is 5.92 Å². The number of carboxylic acid groups (broad SMARTS) is 1. The van der Waals surface area contributed by atoms with Crippen molar-refractivity contribution in [3.63, 3.8) is 0 Å². The monoisotopic (exact) mass is 300 g/mol. The SMILES string of the molecule is COc1c(CC(C)C(=O)O)cccc1OCc1ccccc1. The average molecular weight is 300 g/mol. The van der Waals surface area contributed by atoms with E-state index >= 15 is 0 Å². The first-order valence-corrected chi connectivity index (χ1v) is 7.17. The number of benzene rings is 2. The predicted molar refractivity (Wildman–Crippen MR) is 84.3 cm³/mol. The molecule has 0 spiro atoms. The van der Waals surface area contributed by atoms with Crippen molar-refractivity contribution in [1.29, 1.82) is 0 Å². The van der Waals surface area contributed by atoms with Crippen molar-refractivity contribution in [2.24, 2.45) is 5.92 Å². The summed E-state index contributed by atoms with van der Waals surface area (Å²) in [5.41, 5.74) is 1.90. The van der Waals surface area contributed by atoms with Gasteiger partial charge in [-0.05, 0) is 23.6 Å². The molecule has 2 rings (SSSR count). The molecule has 0 aliphatic carbocycles. The molecule has 1 atom stereocenters. The van der Waals surface area contributed by atoms with E-state index in [4.69, 9.17) is 14.6 Å². The van der Waals surface area contributed by atoms with Crippen LogP contribution in [0.5, 0.6) is 11.5 Å². The zero-order chi connectivity index (χ0) is 15.9. The van der Waals surface area contributed by atoms with Crippen LogP contribution in [-0.2, 0) is 17.8 Å². The van der Waals surface area contributed by atoms with E-state index < -0.39 is 11.9 Å². The minimum Gasteiger partial charge on any atom is -0.493 e. The van der Waals surface area contributed by atoms with Crippen LogP contribution < -0.4 is 9.47 Å². The summed E-state index contributed by atoms with van der Waals surface area (Å²) < 4.78 is 11.3. The number of aliphatic carboxylic acids is 1. The molecular weight excluding hydrogens is 280 g/mol. The molecule has 0 radical (unpaired) electrons. The van der Waals surface area contributed by atoms with Crippen LogP contribution in [0.3, 0.4) is 0 Å². The van der Waals surface area contributed by atoms with Gasteiger partial charge in [-0.15, -0.1) is 0 Å². The number of carboxylic acids is 1. The van der Waals surface area contributed by atoms with E-state index in [2.05, 4.69) is 0 Å². The van der Waals surface area contributed by atoms with Crippen molar-refractivity contribution >= 4 is 5.97 Å². The highest BCUT2D eigenvalue weighted by Crippen LogP contribution is 2.33. The van der Waals surface area contributed by atoms with Crippen LogP contribution in [0.4, 0.5) is 0 Å². The molecule has 2 aromatic rings. The Bertz CT molecular complexity index is 622. The van der Waals surface area contributed by atoms with Gasteiger partial charge in [-0.2, -0.15) is 0 Å². The standard InChI is InChI=1S/C18H20O4/c1-13(18(19)20)11-15-9-6-10-16(17(15)21-2)22-12-14-7-4-3-5-8-14/h3-10,13H,11-12H2,1-2H3,(H,19,20). The molecule has 4 heteroatoms. The molecule has 0 saturated carbocycles. The Kier molecular flexibility index (Phi) is 5.42. The average Bonchev–Trinajstić information content (AvgIpc) is 2.53. The maximum absolute atomic E-state index is 11.0. The largest absolute Gasteiger partial charge is 0.493 e. The van der Waals surface area contributed by atoms with Crippen LogP contribution in [-0.4, -0.2) is 18.2 Å². The van der Waals surface area contributed by atoms with Crippen molar-refractivity contribution in [3.05, 3.63) is 59.7 Å². The maximum atomic E-state index is 11.0. The van der Waals surface area contributed by atoms with E-state index in [1.807, 2.05) is 48.5 Å². The first kappa shape index (κ1) is 15.9. The minimum atomic E-state index is -0.822. The molecule has 0 aliphatic rings. The summed E-state index contributed by atoms with van der Waals surface area (Å²) in [4.78, 5) is 11.0. The van der Waals surface area contributed by atoms with E-state index in [-0.39, 0.29) is 0 Å². The second kappa shape index (κ2) is 7.50. The topological polar surface area (TPSA) is 55.8 Å². The lowest BCUT2D eigenvalue weighted by Gasteiger charge is -2.15. The lowest BCUT2D eigenvalue weighted by Crippen LogP contribution is -2.13. The van der Waals surface area contributed by atoms with Gasteiger partial charge in [0.2, 0.25) is 0 Å². The first-order chi connectivity index (χ1) is 10.6. The van der Waals surface area contributed by atoms with Gasteiger partial charge in [-0.1, -0.05) is 49.4 Å². The molecule has 4 nitrogen and oxygen atoms in total. The fourth-order valence-electron chi connectivity index (χ4n) is 2.22. The molecule has 22 heavy (non-hydrogen) atoms. The second-order valence-electron chi connectivity index (χ2n) is 5.17. The summed E-state index contributed by atoms with van der Waals surface area (Å²) in [7, 11) is 1.57. The number of methoxy groups -OCH3 is 1. The number of rotatable bonds is 7. The van der Waals surface area contributed by atoms with Crippen LogP contribution >= 0.6 is 0 Å². The van der Waals surface area contributed by atoms with Crippen molar-refractivity contribution in [3.8, 4) is 11.5 Å². The molecule has 0 aromatic heterocycles. The van der Waals surface area contributed by atoms with E-state index in [1.165, 1.54) is 0 Å². The zero-order valence-electron chi connectivity index (χ0n) is 12.8. The quantitative estimate of drug-likeness (QED) is 0.849. The summed E-state index contributed by atoms with van der Waals surface area (Å²) in [5, 5.41) is 9.06. The van der Waals surface area contributed by atoms with E-state index in [1.54, 1.807) is 14.0 Å². The van der Waals surface area contributed by atoms with Gasteiger partial charge in [0.1, 0.15) is 6.61 Å². The summed E-state index contributed by atoms with van der Waals surface area (Å²) >= 11 is 0. The normalized spacial score (nSPS) is 11.7. The van der Waals surface area contributed by atoms with E-state index in [0.29, 0.717) is 24.5 Å². The molecule has 0 saturated heterocycles. The highest BCUT2D eigenvalue weighted by Gasteiger charge is 2.17. The van der Waals surface area contributed by atoms with Gasteiger partial charge in [-0.25, -0.2) is 0 Å². The van der Waals surface area contributed by atoms with Gasteiger partial charge in [-0.3, -0.25) is 4.79 Å². The molecule has 116 valence electrons. The summed E-state index contributed by atoms with van der Waals surface area (Å²) in [5.74, 6) is -0.0658.